The third-order valence-corrected chi connectivity index (χ3v) is 0.192. The first-order valence-corrected chi connectivity index (χ1v) is 5.48. The number of rotatable bonds is 2. The molecule has 0 aromatic carbocycles. The van der Waals surface area contributed by atoms with Crippen LogP contribution in [0.2, 0.25) is 0 Å². The van der Waals surface area contributed by atoms with Gasteiger partial charge < -0.3 is 1.43 Å². The van der Waals surface area contributed by atoms with Crippen molar-refractivity contribution >= 4 is 20.8 Å². The van der Waals surface area contributed by atoms with Crippen LogP contribution >= 0.6 is 0 Å². The van der Waals surface area contributed by atoms with Crippen LogP contribution in [0.15, 0.2) is 12.7 Å². The summed E-state index contributed by atoms with van der Waals surface area (Å²) in [6.45, 7) is 3.47. The summed E-state index contributed by atoms with van der Waals surface area (Å²) in [5.41, 5.74) is 0. The van der Waals surface area contributed by atoms with E-state index in [1.807, 2.05) is 0 Å². The van der Waals surface area contributed by atoms with Crippen molar-refractivity contribution in [2.75, 3.05) is 6.61 Å². The molecular weight excluding hydrogens is 299 g/mol. The Balaban J connectivity index is -0.0000000400. The van der Waals surface area contributed by atoms with Crippen molar-refractivity contribution < 1.29 is 98.0 Å². The molecule has 0 rings (SSSR count). The molecule has 0 aromatic heterocycles. The predicted octanol–water partition coefficient (Wildman–Crippen LogP) is -3.53. The Kier molecular flexibility index (Phi) is 22.7. The van der Waals surface area contributed by atoms with Crippen LogP contribution in [0.25, 0.3) is 0 Å². The first-order valence-electron chi connectivity index (χ1n) is 2.68. The largest absolute Gasteiger partial charge is 1.00 e. The summed E-state index contributed by atoms with van der Waals surface area (Å²) in [7, 11) is -9.33. The van der Waals surface area contributed by atoms with Crippen LogP contribution < -0.4 is 51.4 Å². The Morgan fingerprint density at radius 2 is 1.25 bits per heavy atom. The van der Waals surface area contributed by atoms with Crippen LogP contribution in [0.1, 0.15) is 1.43 Å². The Hall–Kier alpha value is 1.04. The molecule has 13 heteroatoms. The molecule has 0 aromatic rings. The first-order chi connectivity index (χ1) is 6.41. The molecule has 0 aliphatic heterocycles. The second-order valence-corrected chi connectivity index (χ2v) is 3.27. The molecule has 16 heavy (non-hydrogen) atoms. The zero-order chi connectivity index (χ0) is 13.1. The maximum absolute atomic E-state index is 8.74. The van der Waals surface area contributed by atoms with Crippen LogP contribution in [0, 0.1) is 0 Å². The topological polar surface area (TPSA) is 179 Å². The van der Waals surface area contributed by atoms with Gasteiger partial charge in [0, 0.05) is 0 Å². The van der Waals surface area contributed by atoms with Gasteiger partial charge >= 0.3 is 72.2 Å². The second-order valence-electron chi connectivity index (χ2n) is 1.48. The third-order valence-electron chi connectivity index (χ3n) is 0.192. The summed E-state index contributed by atoms with van der Waals surface area (Å²) in [6, 6.07) is 0. The molecule has 0 unspecified atom stereocenters. The summed E-state index contributed by atoms with van der Waals surface area (Å²) < 4.78 is 63.2. The zero-order valence-electron chi connectivity index (χ0n) is 9.09. The second kappa shape index (κ2) is 14.1. The van der Waals surface area contributed by atoms with Crippen molar-refractivity contribution in [3.63, 3.8) is 0 Å². The molecule has 0 aliphatic carbocycles. The van der Waals surface area contributed by atoms with Gasteiger partial charge in [-0.1, -0.05) is 6.08 Å². The molecule has 10 nitrogen and oxygen atoms in total. The van der Waals surface area contributed by atoms with Crippen molar-refractivity contribution in [2.24, 2.45) is 0 Å². The fraction of sp³-hybridized carbons (Fsp3) is 0.333. The molecule has 0 radical (unpaired) electrons. The van der Waals surface area contributed by atoms with Gasteiger partial charge in [-0.05, 0) is 0 Å². The van der Waals surface area contributed by atoms with Gasteiger partial charge in [-0.25, -0.2) is 4.89 Å². The van der Waals surface area contributed by atoms with Crippen molar-refractivity contribution in [1.29, 1.82) is 0 Å². The Bertz CT molecular complexity index is 289. The molecule has 0 saturated carbocycles. The Morgan fingerprint density at radius 3 is 1.25 bits per heavy atom. The molecule has 0 saturated heterocycles. The summed E-state index contributed by atoms with van der Waals surface area (Å²) in [5, 5.41) is 7.50. The van der Waals surface area contributed by atoms with E-state index in [9.17, 15) is 0 Å². The van der Waals surface area contributed by atoms with Crippen LogP contribution in [-0.2, 0) is 25.7 Å². The maximum atomic E-state index is 8.74. The molecule has 0 spiro atoms. The average Bonchev–Trinajstić information content (AvgIpc) is 1.80. The minimum absolute atomic E-state index is 0. The average molecular weight is 310 g/mol. The molecular formula is C3H11KO10S2. The van der Waals surface area contributed by atoms with Crippen LogP contribution in [0.5, 0.6) is 0 Å². The summed E-state index contributed by atoms with van der Waals surface area (Å²) >= 11 is 0. The van der Waals surface area contributed by atoms with E-state index in [4.69, 9.17) is 40.3 Å². The fourth-order valence-electron chi connectivity index (χ4n) is 0.0527. The van der Waals surface area contributed by atoms with Gasteiger partial charge in [0.25, 0.3) is 0 Å². The Morgan fingerprint density at radius 1 is 1.06 bits per heavy atom. The smallest absolute Gasteiger partial charge is 1.00 e. The summed E-state index contributed by atoms with van der Waals surface area (Å²) in [6.07, 6.45) is 1.46. The fourth-order valence-corrected chi connectivity index (χ4v) is 0.0527. The SMILES string of the molecule is C=CCOO.O=S(=O)(O)O.O=S(=O)(O)O.[H-].[K+]. The van der Waals surface area contributed by atoms with Crippen molar-refractivity contribution in [3.05, 3.63) is 12.7 Å². The molecule has 0 amide bonds. The van der Waals surface area contributed by atoms with Crippen LogP contribution in [0.3, 0.4) is 0 Å². The van der Waals surface area contributed by atoms with E-state index < -0.39 is 20.8 Å². The molecule has 0 atom stereocenters. The van der Waals surface area contributed by atoms with Gasteiger partial charge in [0.2, 0.25) is 0 Å². The van der Waals surface area contributed by atoms with Gasteiger partial charge in [0.15, 0.2) is 0 Å². The molecule has 0 aliphatic rings. The van der Waals surface area contributed by atoms with E-state index in [1.54, 1.807) is 0 Å². The van der Waals surface area contributed by atoms with Crippen LogP contribution in [0.4, 0.5) is 0 Å². The minimum atomic E-state index is -4.67. The summed E-state index contributed by atoms with van der Waals surface area (Å²) in [5.74, 6) is 0. The van der Waals surface area contributed by atoms with E-state index >= 15 is 0 Å². The van der Waals surface area contributed by atoms with Crippen molar-refractivity contribution in [3.8, 4) is 0 Å². The van der Waals surface area contributed by atoms with Crippen LogP contribution in [-0.4, -0.2) is 46.9 Å². The number of hydrogen-bond acceptors (Lipinski definition) is 6. The summed E-state index contributed by atoms with van der Waals surface area (Å²) in [4.78, 5) is 3.57. The van der Waals surface area contributed by atoms with E-state index in [1.165, 1.54) is 6.08 Å². The minimum Gasteiger partial charge on any atom is -1.00 e. The normalized spacial score (nSPS) is 9.56. The van der Waals surface area contributed by atoms with Gasteiger partial charge in [0.1, 0.15) is 0 Å². The van der Waals surface area contributed by atoms with Gasteiger partial charge in [0.05, 0.1) is 6.61 Å². The van der Waals surface area contributed by atoms with Crippen molar-refractivity contribution in [1.82, 2.24) is 0 Å². The Labute approximate surface area is 136 Å². The molecule has 0 fully saturated rings. The number of hydrogen-bond donors (Lipinski definition) is 5. The third kappa shape index (κ3) is 321. The van der Waals surface area contributed by atoms with E-state index in [2.05, 4.69) is 11.5 Å². The van der Waals surface area contributed by atoms with E-state index in [0.717, 1.165) is 0 Å². The maximum Gasteiger partial charge on any atom is 1.00 e. The van der Waals surface area contributed by atoms with E-state index in [-0.39, 0.29) is 59.4 Å². The van der Waals surface area contributed by atoms with Gasteiger partial charge in [-0.3, -0.25) is 23.5 Å². The molecule has 0 bridgehead atoms. The molecule has 96 valence electrons. The van der Waals surface area contributed by atoms with E-state index in [0.29, 0.717) is 0 Å². The van der Waals surface area contributed by atoms with Gasteiger partial charge in [-0.2, -0.15) is 16.8 Å². The standard InChI is InChI=1S/C3H6O2.K.2H2O4S.H/c1-2-3-5-4;;2*1-5(2,3)4;/h2,4H,1,3H2;;2*(H2,1,2,3,4);/q;+1;;;-1. The zero-order valence-corrected chi connectivity index (χ0v) is 12.8. The quantitative estimate of drug-likeness (QED) is 0.113. The molecule has 0 heterocycles. The predicted molar refractivity (Wildman–Crippen MR) is 48.2 cm³/mol. The monoisotopic (exact) mass is 310 g/mol. The molecule has 5 N–H and O–H groups in total. The van der Waals surface area contributed by atoms with Crippen molar-refractivity contribution in [2.45, 2.75) is 0 Å². The first kappa shape index (κ1) is 25.8. The van der Waals surface area contributed by atoms with Gasteiger partial charge in [-0.15, -0.1) is 6.58 Å².